The van der Waals surface area contributed by atoms with E-state index in [-0.39, 0.29) is 17.7 Å². The van der Waals surface area contributed by atoms with Crippen LogP contribution in [0, 0.1) is 11.8 Å². The average molecular weight is 372 g/mol. The van der Waals surface area contributed by atoms with Crippen molar-refractivity contribution in [1.82, 2.24) is 15.1 Å². The van der Waals surface area contributed by atoms with E-state index in [4.69, 9.17) is 0 Å². The third kappa shape index (κ3) is 5.55. The second kappa shape index (κ2) is 9.36. The van der Waals surface area contributed by atoms with Crippen molar-refractivity contribution in [2.75, 3.05) is 26.2 Å². The van der Waals surface area contributed by atoms with Crippen LogP contribution in [-0.4, -0.2) is 47.8 Å². The Balaban J connectivity index is 1.56. The summed E-state index contributed by atoms with van der Waals surface area (Å²) in [6.07, 6.45) is 4.37. The molecular weight excluding hydrogens is 338 g/mol. The van der Waals surface area contributed by atoms with Crippen molar-refractivity contribution in [1.29, 1.82) is 0 Å². The number of nitrogens with zero attached hydrogens (tertiary/aromatic N) is 2. The van der Waals surface area contributed by atoms with E-state index in [0.717, 1.165) is 44.9 Å². The Hall–Kier alpha value is -1.88. The summed E-state index contributed by atoms with van der Waals surface area (Å²) in [7, 11) is 0. The highest BCUT2D eigenvalue weighted by atomic mass is 16.2. The van der Waals surface area contributed by atoms with Crippen LogP contribution in [-0.2, 0) is 22.7 Å². The van der Waals surface area contributed by atoms with E-state index in [1.165, 1.54) is 24.0 Å². The molecule has 5 heteroatoms. The van der Waals surface area contributed by atoms with Crippen molar-refractivity contribution in [3.8, 4) is 0 Å². The third-order valence-corrected chi connectivity index (χ3v) is 5.94. The summed E-state index contributed by atoms with van der Waals surface area (Å²) < 4.78 is 0. The molecule has 5 nitrogen and oxygen atoms in total. The van der Waals surface area contributed by atoms with Crippen LogP contribution in [0.3, 0.4) is 0 Å². The molecule has 1 aromatic carbocycles. The van der Waals surface area contributed by atoms with E-state index in [0.29, 0.717) is 13.1 Å². The van der Waals surface area contributed by atoms with E-state index < -0.39 is 0 Å². The Morgan fingerprint density at radius 3 is 2.56 bits per heavy atom. The predicted octanol–water partition coefficient (Wildman–Crippen LogP) is 2.79. The van der Waals surface area contributed by atoms with Crippen molar-refractivity contribution in [3.05, 3.63) is 35.4 Å². The first-order chi connectivity index (χ1) is 13.0. The lowest BCUT2D eigenvalue weighted by molar-refractivity contribution is -0.134. The molecule has 27 heavy (non-hydrogen) atoms. The van der Waals surface area contributed by atoms with Gasteiger partial charge in [0.2, 0.25) is 11.8 Å². The molecule has 2 heterocycles. The summed E-state index contributed by atoms with van der Waals surface area (Å²) in [6.45, 7) is 9.07. The molecule has 3 rings (SSSR count). The monoisotopic (exact) mass is 371 g/mol. The van der Waals surface area contributed by atoms with Gasteiger partial charge < -0.3 is 10.2 Å². The zero-order valence-electron chi connectivity index (χ0n) is 16.7. The van der Waals surface area contributed by atoms with Gasteiger partial charge in [0.05, 0.1) is 5.92 Å². The average Bonchev–Trinajstić information content (AvgIpc) is 2.67. The van der Waals surface area contributed by atoms with Crippen LogP contribution in [0.25, 0.3) is 0 Å². The van der Waals surface area contributed by atoms with E-state index in [2.05, 4.69) is 35.3 Å². The van der Waals surface area contributed by atoms with Crippen molar-refractivity contribution in [3.63, 3.8) is 0 Å². The van der Waals surface area contributed by atoms with Crippen molar-refractivity contribution < 1.29 is 9.59 Å². The van der Waals surface area contributed by atoms with Gasteiger partial charge in [0, 0.05) is 39.6 Å². The largest absolute Gasteiger partial charge is 0.352 e. The maximum Gasteiger partial charge on any atom is 0.225 e. The normalized spacial score (nSPS) is 23.9. The lowest BCUT2D eigenvalue weighted by Gasteiger charge is -2.32. The molecule has 0 saturated carbocycles. The predicted molar refractivity (Wildman–Crippen MR) is 107 cm³/mol. The first kappa shape index (κ1) is 19.9. The molecular formula is C22H33N3O2. The Kier molecular flexibility index (Phi) is 6.89. The Morgan fingerprint density at radius 1 is 1.07 bits per heavy atom. The Labute approximate surface area is 163 Å². The van der Waals surface area contributed by atoms with Crippen molar-refractivity contribution >= 4 is 11.8 Å². The SMILES string of the molecule is CC(=O)N1CCC[C@@H](C(=O)NCc2ccccc2CN2CCC[C@H](C)C2)C1. The summed E-state index contributed by atoms with van der Waals surface area (Å²) in [5, 5.41) is 3.12. The fourth-order valence-electron chi connectivity index (χ4n) is 4.36. The summed E-state index contributed by atoms with van der Waals surface area (Å²) >= 11 is 0. The highest BCUT2D eigenvalue weighted by Gasteiger charge is 2.27. The van der Waals surface area contributed by atoms with Gasteiger partial charge in [0.1, 0.15) is 0 Å². The lowest BCUT2D eigenvalue weighted by Crippen LogP contribution is -2.44. The van der Waals surface area contributed by atoms with Gasteiger partial charge in [-0.3, -0.25) is 14.5 Å². The molecule has 2 fully saturated rings. The van der Waals surface area contributed by atoms with Crippen LogP contribution in [0.15, 0.2) is 24.3 Å². The standard InChI is InChI=1S/C22H33N3O2/c1-17-7-5-11-24(14-17)15-20-9-4-3-8-19(20)13-23-22(27)21-10-6-12-25(16-21)18(2)26/h3-4,8-9,17,21H,5-7,10-16H2,1-2H3,(H,23,27)/t17-,21+/m0/s1. The van der Waals surface area contributed by atoms with E-state index in [9.17, 15) is 9.59 Å². The molecule has 2 atom stereocenters. The number of carbonyl (C=O) groups is 2. The number of nitrogens with one attached hydrogen (secondary N) is 1. The van der Waals surface area contributed by atoms with Gasteiger partial charge in [0.15, 0.2) is 0 Å². The van der Waals surface area contributed by atoms with E-state index >= 15 is 0 Å². The van der Waals surface area contributed by atoms with Crippen LogP contribution in [0.4, 0.5) is 0 Å². The zero-order chi connectivity index (χ0) is 19.2. The minimum atomic E-state index is -0.0854. The van der Waals surface area contributed by atoms with Crippen molar-refractivity contribution in [2.45, 2.75) is 52.6 Å². The van der Waals surface area contributed by atoms with Crippen LogP contribution in [0.1, 0.15) is 50.7 Å². The molecule has 0 bridgehead atoms. The summed E-state index contributed by atoms with van der Waals surface area (Å²) in [6, 6.07) is 8.42. The summed E-state index contributed by atoms with van der Waals surface area (Å²) in [5.41, 5.74) is 2.50. The van der Waals surface area contributed by atoms with Crippen LogP contribution in [0.5, 0.6) is 0 Å². The quantitative estimate of drug-likeness (QED) is 0.866. The van der Waals surface area contributed by atoms with Crippen molar-refractivity contribution in [2.24, 2.45) is 11.8 Å². The van der Waals surface area contributed by atoms with Gasteiger partial charge in [-0.15, -0.1) is 0 Å². The molecule has 0 unspecified atom stereocenters. The van der Waals surface area contributed by atoms with Gasteiger partial charge >= 0.3 is 0 Å². The molecule has 0 radical (unpaired) electrons. The first-order valence-corrected chi connectivity index (χ1v) is 10.4. The Bertz CT molecular complexity index is 661. The molecule has 0 aliphatic carbocycles. The number of carbonyl (C=O) groups excluding carboxylic acids is 2. The minimum absolute atomic E-state index is 0.0635. The minimum Gasteiger partial charge on any atom is -0.352 e. The fourth-order valence-corrected chi connectivity index (χ4v) is 4.36. The van der Waals surface area contributed by atoms with Crippen LogP contribution < -0.4 is 5.32 Å². The number of hydrogen-bond acceptors (Lipinski definition) is 3. The molecule has 2 saturated heterocycles. The maximum absolute atomic E-state index is 12.6. The number of piperidine rings is 2. The molecule has 0 spiro atoms. The van der Waals surface area contributed by atoms with Gasteiger partial charge in [-0.2, -0.15) is 0 Å². The summed E-state index contributed by atoms with van der Waals surface area (Å²) in [5.74, 6) is 0.815. The topological polar surface area (TPSA) is 52.7 Å². The zero-order valence-corrected chi connectivity index (χ0v) is 16.7. The highest BCUT2D eigenvalue weighted by molar-refractivity contribution is 5.80. The van der Waals surface area contributed by atoms with E-state index in [1.54, 1.807) is 11.8 Å². The van der Waals surface area contributed by atoms with E-state index in [1.807, 2.05) is 6.07 Å². The molecule has 0 aromatic heterocycles. The highest BCUT2D eigenvalue weighted by Crippen LogP contribution is 2.20. The van der Waals surface area contributed by atoms with Gasteiger partial charge in [0.25, 0.3) is 0 Å². The third-order valence-electron chi connectivity index (χ3n) is 5.94. The number of hydrogen-bond donors (Lipinski definition) is 1. The fraction of sp³-hybridized carbons (Fsp3) is 0.636. The molecule has 2 aliphatic rings. The first-order valence-electron chi connectivity index (χ1n) is 10.4. The second-order valence-corrected chi connectivity index (χ2v) is 8.27. The van der Waals surface area contributed by atoms with Crippen LogP contribution in [0.2, 0.25) is 0 Å². The lowest BCUT2D eigenvalue weighted by atomic mass is 9.96. The molecule has 2 aliphatic heterocycles. The smallest absolute Gasteiger partial charge is 0.225 e. The number of rotatable bonds is 5. The summed E-state index contributed by atoms with van der Waals surface area (Å²) in [4.78, 5) is 28.5. The second-order valence-electron chi connectivity index (χ2n) is 8.27. The molecule has 1 aromatic rings. The maximum atomic E-state index is 12.6. The number of likely N-dealkylation sites (tertiary alicyclic amines) is 2. The molecule has 2 amide bonds. The molecule has 1 N–H and O–H groups in total. The van der Waals surface area contributed by atoms with Crippen LogP contribution >= 0.6 is 0 Å². The van der Waals surface area contributed by atoms with Gasteiger partial charge in [-0.1, -0.05) is 31.2 Å². The van der Waals surface area contributed by atoms with Gasteiger partial charge in [-0.05, 0) is 49.3 Å². The Morgan fingerprint density at radius 2 is 1.81 bits per heavy atom. The number of amides is 2. The number of benzene rings is 1. The molecule has 148 valence electrons. The van der Waals surface area contributed by atoms with Gasteiger partial charge in [-0.25, -0.2) is 0 Å².